The quantitative estimate of drug-likeness (QED) is 0.869. The zero-order valence-corrected chi connectivity index (χ0v) is 11.4. The molecule has 0 radical (unpaired) electrons. The van der Waals surface area contributed by atoms with Crippen molar-refractivity contribution < 1.29 is 4.42 Å². The van der Waals surface area contributed by atoms with Crippen LogP contribution >= 0.6 is 11.3 Å². The summed E-state index contributed by atoms with van der Waals surface area (Å²) in [5.74, 6) is 1.09. The average molecular weight is 249 g/mol. The Bertz CT molecular complexity index is 472. The zero-order valence-electron chi connectivity index (χ0n) is 10.6. The maximum atomic E-state index is 5.54. The molecule has 2 rings (SSSR count). The van der Waals surface area contributed by atoms with Crippen molar-refractivity contribution in [3.05, 3.63) is 45.5 Å². The summed E-state index contributed by atoms with van der Waals surface area (Å²) in [6.07, 6.45) is 2.73. The molecule has 0 aromatic carbocycles. The van der Waals surface area contributed by atoms with Gasteiger partial charge in [-0.05, 0) is 36.5 Å². The van der Waals surface area contributed by atoms with Gasteiger partial charge in [-0.3, -0.25) is 0 Å². The van der Waals surface area contributed by atoms with Crippen LogP contribution in [0.2, 0.25) is 0 Å². The second-order valence-electron chi connectivity index (χ2n) is 4.11. The highest BCUT2D eigenvalue weighted by Crippen LogP contribution is 2.31. The smallest absolute Gasteiger partial charge is 0.108 e. The highest BCUT2D eigenvalue weighted by Gasteiger charge is 2.20. The van der Waals surface area contributed by atoms with Gasteiger partial charge >= 0.3 is 0 Å². The molecule has 2 aromatic heterocycles. The van der Waals surface area contributed by atoms with E-state index in [1.807, 2.05) is 11.3 Å². The van der Waals surface area contributed by atoms with E-state index in [9.17, 15) is 0 Å². The molecule has 2 nitrogen and oxygen atoms in total. The standard InChI is InChI=1S/C14H19NOS/c1-4-12-11(6-8-16-12)13(15-5-2)14-10(3)7-9-17-14/h6-9,13,15H,4-5H2,1-3H3. The van der Waals surface area contributed by atoms with Gasteiger partial charge < -0.3 is 9.73 Å². The lowest BCUT2D eigenvalue weighted by atomic mass is 10.0. The van der Waals surface area contributed by atoms with E-state index in [2.05, 4.69) is 43.6 Å². The Morgan fingerprint density at radius 2 is 2.18 bits per heavy atom. The van der Waals surface area contributed by atoms with Gasteiger partial charge in [-0.2, -0.15) is 0 Å². The second-order valence-corrected chi connectivity index (χ2v) is 5.06. The summed E-state index contributed by atoms with van der Waals surface area (Å²) >= 11 is 1.81. The van der Waals surface area contributed by atoms with Crippen LogP contribution in [0.5, 0.6) is 0 Å². The van der Waals surface area contributed by atoms with Gasteiger partial charge in [0.2, 0.25) is 0 Å². The van der Waals surface area contributed by atoms with Gasteiger partial charge in [0.1, 0.15) is 5.76 Å². The number of hydrogen-bond acceptors (Lipinski definition) is 3. The normalized spacial score (nSPS) is 12.9. The lowest BCUT2D eigenvalue weighted by Crippen LogP contribution is -2.22. The molecule has 0 aliphatic carbocycles. The maximum absolute atomic E-state index is 5.54. The molecule has 0 aliphatic rings. The molecule has 0 saturated carbocycles. The Morgan fingerprint density at radius 1 is 1.35 bits per heavy atom. The van der Waals surface area contributed by atoms with Crippen molar-refractivity contribution in [3.63, 3.8) is 0 Å². The monoisotopic (exact) mass is 249 g/mol. The first-order chi connectivity index (χ1) is 8.27. The van der Waals surface area contributed by atoms with Gasteiger partial charge in [0, 0.05) is 16.9 Å². The van der Waals surface area contributed by atoms with Crippen LogP contribution in [0.25, 0.3) is 0 Å². The third-order valence-corrected chi connectivity index (χ3v) is 4.07. The largest absolute Gasteiger partial charge is 0.469 e. The van der Waals surface area contributed by atoms with E-state index in [1.165, 1.54) is 16.0 Å². The molecule has 0 aliphatic heterocycles. The lowest BCUT2D eigenvalue weighted by molar-refractivity contribution is 0.502. The van der Waals surface area contributed by atoms with E-state index >= 15 is 0 Å². The maximum Gasteiger partial charge on any atom is 0.108 e. The third kappa shape index (κ3) is 2.45. The fraction of sp³-hybridized carbons (Fsp3) is 0.429. The molecule has 3 heteroatoms. The molecule has 0 spiro atoms. The molecule has 0 bridgehead atoms. The first-order valence-corrected chi connectivity index (χ1v) is 6.99. The van der Waals surface area contributed by atoms with E-state index in [4.69, 9.17) is 4.42 Å². The van der Waals surface area contributed by atoms with E-state index in [1.54, 1.807) is 6.26 Å². The summed E-state index contributed by atoms with van der Waals surface area (Å²) in [7, 11) is 0. The van der Waals surface area contributed by atoms with Gasteiger partial charge in [0.15, 0.2) is 0 Å². The Hall–Kier alpha value is -1.06. The fourth-order valence-corrected chi connectivity index (χ4v) is 3.14. The molecule has 0 fully saturated rings. The summed E-state index contributed by atoms with van der Waals surface area (Å²) in [6.45, 7) is 7.40. The van der Waals surface area contributed by atoms with Crippen LogP contribution in [0.15, 0.2) is 28.2 Å². The van der Waals surface area contributed by atoms with Crippen LogP contribution in [-0.2, 0) is 6.42 Å². The molecular formula is C14H19NOS. The number of rotatable bonds is 5. The average Bonchev–Trinajstić information content (AvgIpc) is 2.94. The van der Waals surface area contributed by atoms with Crippen LogP contribution in [-0.4, -0.2) is 6.54 Å². The van der Waals surface area contributed by atoms with Crippen LogP contribution < -0.4 is 5.32 Å². The topological polar surface area (TPSA) is 25.2 Å². The molecule has 1 atom stereocenters. The number of aryl methyl sites for hydroxylation is 2. The molecule has 0 saturated heterocycles. The molecule has 0 amide bonds. The third-order valence-electron chi connectivity index (χ3n) is 2.98. The summed E-state index contributed by atoms with van der Waals surface area (Å²) in [5, 5.41) is 5.71. The molecule has 1 N–H and O–H groups in total. The van der Waals surface area contributed by atoms with Gasteiger partial charge in [0.05, 0.1) is 12.3 Å². The first-order valence-electron chi connectivity index (χ1n) is 6.11. The minimum Gasteiger partial charge on any atom is -0.469 e. The summed E-state index contributed by atoms with van der Waals surface area (Å²) < 4.78 is 5.54. The molecule has 2 heterocycles. The molecule has 1 unspecified atom stereocenters. The molecular weight excluding hydrogens is 230 g/mol. The van der Waals surface area contributed by atoms with Crippen molar-refractivity contribution in [2.75, 3.05) is 6.54 Å². The Morgan fingerprint density at radius 3 is 2.76 bits per heavy atom. The zero-order chi connectivity index (χ0) is 12.3. The number of furan rings is 1. The highest BCUT2D eigenvalue weighted by atomic mass is 32.1. The number of hydrogen-bond donors (Lipinski definition) is 1. The summed E-state index contributed by atoms with van der Waals surface area (Å²) in [4.78, 5) is 1.39. The predicted molar refractivity (Wildman–Crippen MR) is 72.7 cm³/mol. The minimum absolute atomic E-state index is 0.272. The van der Waals surface area contributed by atoms with Crippen molar-refractivity contribution in [3.8, 4) is 0 Å². The first kappa shape index (κ1) is 12.4. The SMILES string of the molecule is CCNC(c1ccoc1CC)c1sccc1C. The number of nitrogens with one attached hydrogen (secondary N) is 1. The van der Waals surface area contributed by atoms with Crippen molar-refractivity contribution in [2.24, 2.45) is 0 Å². The van der Waals surface area contributed by atoms with Crippen LogP contribution in [0.4, 0.5) is 0 Å². The Kier molecular flexibility index (Phi) is 4.02. The van der Waals surface area contributed by atoms with Gasteiger partial charge in [-0.1, -0.05) is 13.8 Å². The van der Waals surface area contributed by atoms with Gasteiger partial charge in [0.25, 0.3) is 0 Å². The fourth-order valence-electron chi connectivity index (χ4n) is 2.12. The minimum atomic E-state index is 0.272. The van der Waals surface area contributed by atoms with E-state index in [0.29, 0.717) is 0 Å². The van der Waals surface area contributed by atoms with E-state index < -0.39 is 0 Å². The molecule has 2 aromatic rings. The highest BCUT2D eigenvalue weighted by molar-refractivity contribution is 7.10. The molecule has 92 valence electrons. The van der Waals surface area contributed by atoms with E-state index in [-0.39, 0.29) is 6.04 Å². The second kappa shape index (κ2) is 5.52. The van der Waals surface area contributed by atoms with Crippen LogP contribution in [0, 0.1) is 6.92 Å². The van der Waals surface area contributed by atoms with Crippen LogP contribution in [0.3, 0.4) is 0 Å². The predicted octanol–water partition coefficient (Wildman–Crippen LogP) is 3.91. The Balaban J connectivity index is 2.39. The van der Waals surface area contributed by atoms with Crippen molar-refractivity contribution in [1.29, 1.82) is 0 Å². The van der Waals surface area contributed by atoms with Crippen molar-refractivity contribution in [2.45, 2.75) is 33.2 Å². The lowest BCUT2D eigenvalue weighted by Gasteiger charge is -2.17. The van der Waals surface area contributed by atoms with E-state index in [0.717, 1.165) is 18.7 Å². The van der Waals surface area contributed by atoms with Crippen LogP contribution in [0.1, 0.15) is 41.7 Å². The van der Waals surface area contributed by atoms with Crippen molar-refractivity contribution in [1.82, 2.24) is 5.32 Å². The Labute approximate surface area is 107 Å². The van der Waals surface area contributed by atoms with Gasteiger partial charge in [-0.15, -0.1) is 11.3 Å². The summed E-state index contributed by atoms with van der Waals surface area (Å²) in [5.41, 5.74) is 2.63. The van der Waals surface area contributed by atoms with Gasteiger partial charge in [-0.25, -0.2) is 0 Å². The number of thiophene rings is 1. The summed E-state index contributed by atoms with van der Waals surface area (Å²) in [6, 6.07) is 4.54. The van der Waals surface area contributed by atoms with Crippen molar-refractivity contribution >= 4 is 11.3 Å². The molecule has 17 heavy (non-hydrogen) atoms.